The van der Waals surface area contributed by atoms with Gasteiger partial charge in [0.05, 0.1) is 16.6 Å². The fraction of sp³-hybridized carbons (Fsp3) is 0.0870. The van der Waals surface area contributed by atoms with Crippen LogP contribution in [0.25, 0.3) is 22.4 Å². The zero-order valence-corrected chi connectivity index (χ0v) is 17.7. The van der Waals surface area contributed by atoms with Crippen molar-refractivity contribution in [3.05, 3.63) is 99.3 Å². The summed E-state index contributed by atoms with van der Waals surface area (Å²) in [5.74, 6) is 1.14. The smallest absolute Gasteiger partial charge is 0.267 e. The number of hydrogen-bond acceptors (Lipinski definition) is 4. The second-order valence-electron chi connectivity index (χ2n) is 6.99. The van der Waals surface area contributed by atoms with Crippen LogP contribution in [0, 0.1) is 6.92 Å². The van der Waals surface area contributed by atoms with Crippen LogP contribution < -0.4 is 5.56 Å². The second kappa shape index (κ2) is 7.63. The lowest BCUT2D eigenvalue weighted by Crippen LogP contribution is -2.21. The Hall–Kier alpha value is -3.09. The predicted octanol–water partition coefficient (Wildman–Crippen LogP) is 5.29. The zero-order chi connectivity index (χ0) is 20.7. The van der Waals surface area contributed by atoms with Gasteiger partial charge >= 0.3 is 0 Å². The Kier molecular flexibility index (Phi) is 4.81. The molecule has 0 aliphatic rings. The summed E-state index contributed by atoms with van der Waals surface area (Å²) in [5, 5.41) is 10.8. The van der Waals surface area contributed by atoms with Crippen LogP contribution in [0.1, 0.15) is 11.1 Å². The van der Waals surface area contributed by atoms with Crippen LogP contribution in [-0.2, 0) is 5.75 Å². The van der Waals surface area contributed by atoms with Crippen molar-refractivity contribution in [2.45, 2.75) is 17.8 Å². The maximum Gasteiger partial charge on any atom is 0.267 e. The van der Waals surface area contributed by atoms with Crippen molar-refractivity contribution in [1.29, 1.82) is 0 Å². The van der Waals surface area contributed by atoms with Gasteiger partial charge in [-0.1, -0.05) is 71.4 Å². The predicted molar refractivity (Wildman–Crippen MR) is 122 cm³/mol. The fourth-order valence-electron chi connectivity index (χ4n) is 3.46. The van der Waals surface area contributed by atoms with E-state index < -0.39 is 0 Å². The minimum atomic E-state index is -0.114. The molecule has 148 valence electrons. The summed E-state index contributed by atoms with van der Waals surface area (Å²) in [4.78, 5) is 13.3. The number of aromatic nitrogens is 4. The quantitative estimate of drug-likeness (QED) is 0.362. The lowest BCUT2D eigenvalue weighted by atomic mass is 10.2. The summed E-state index contributed by atoms with van der Waals surface area (Å²) in [6.45, 7) is 2.02. The molecular formula is C23H17ClN4OS. The number of para-hydroxylation sites is 1. The van der Waals surface area contributed by atoms with Gasteiger partial charge < -0.3 is 0 Å². The first-order valence-corrected chi connectivity index (χ1v) is 10.8. The SMILES string of the molecule is Cc1ccc(-n2c(=O)c3ccccc3n3c(SCc4ccccc4Cl)nnc23)cc1. The van der Waals surface area contributed by atoms with Crippen molar-refractivity contribution in [3.63, 3.8) is 0 Å². The third-order valence-corrected chi connectivity index (χ3v) is 6.35. The third kappa shape index (κ3) is 3.18. The van der Waals surface area contributed by atoms with Gasteiger partial charge in [0.1, 0.15) is 0 Å². The molecule has 2 aromatic heterocycles. The van der Waals surface area contributed by atoms with Crippen LogP contribution in [0.5, 0.6) is 0 Å². The lowest BCUT2D eigenvalue weighted by molar-refractivity contribution is 0.930. The Morgan fingerprint density at radius 3 is 2.47 bits per heavy atom. The number of aryl methyl sites for hydroxylation is 1. The molecule has 5 nitrogen and oxygen atoms in total. The third-order valence-electron chi connectivity index (χ3n) is 5.00. The number of thioether (sulfide) groups is 1. The first-order valence-electron chi connectivity index (χ1n) is 9.45. The lowest BCUT2D eigenvalue weighted by Gasteiger charge is -2.11. The Balaban J connectivity index is 1.72. The van der Waals surface area contributed by atoms with Crippen molar-refractivity contribution in [2.75, 3.05) is 0 Å². The van der Waals surface area contributed by atoms with Crippen LogP contribution in [-0.4, -0.2) is 19.2 Å². The molecule has 0 atom stereocenters. The monoisotopic (exact) mass is 432 g/mol. The standard InChI is InChI=1S/C23H17ClN4OS/c1-15-10-12-17(13-11-15)27-21(29)18-7-3-5-9-20(18)28-22(27)25-26-23(28)30-14-16-6-2-4-8-19(16)24/h2-13H,14H2,1H3. The van der Waals surface area contributed by atoms with Crippen LogP contribution in [0.4, 0.5) is 0 Å². The molecule has 2 heterocycles. The first kappa shape index (κ1) is 18.9. The number of rotatable bonds is 4. The van der Waals surface area contributed by atoms with Crippen LogP contribution in [0.3, 0.4) is 0 Å². The van der Waals surface area contributed by atoms with Crippen LogP contribution in [0.2, 0.25) is 5.02 Å². The highest BCUT2D eigenvalue weighted by Crippen LogP contribution is 2.28. The molecule has 0 unspecified atom stereocenters. The first-order chi connectivity index (χ1) is 14.6. The fourth-order valence-corrected chi connectivity index (χ4v) is 4.68. The van der Waals surface area contributed by atoms with Gasteiger partial charge in [0.25, 0.3) is 5.56 Å². The molecule has 5 rings (SSSR count). The Morgan fingerprint density at radius 1 is 0.933 bits per heavy atom. The molecule has 0 spiro atoms. The van der Waals surface area contributed by atoms with Crippen molar-refractivity contribution >= 4 is 40.0 Å². The number of nitrogens with zero attached hydrogens (tertiary/aromatic N) is 4. The zero-order valence-electron chi connectivity index (χ0n) is 16.1. The Bertz CT molecular complexity index is 1440. The van der Waals surface area contributed by atoms with Crippen molar-refractivity contribution in [1.82, 2.24) is 19.2 Å². The summed E-state index contributed by atoms with van der Waals surface area (Å²) in [6, 6.07) is 23.1. The molecule has 0 amide bonds. The van der Waals surface area contributed by atoms with Crippen LogP contribution in [0.15, 0.2) is 82.7 Å². The van der Waals surface area contributed by atoms with Crippen LogP contribution >= 0.6 is 23.4 Å². The van der Waals surface area contributed by atoms with Gasteiger partial charge in [-0.05, 0) is 42.8 Å². The molecule has 5 aromatic rings. The molecule has 0 N–H and O–H groups in total. The summed E-state index contributed by atoms with van der Waals surface area (Å²) < 4.78 is 3.56. The van der Waals surface area contributed by atoms with E-state index in [1.54, 1.807) is 16.3 Å². The average Bonchev–Trinajstić information content (AvgIpc) is 3.18. The molecule has 0 saturated heterocycles. The van der Waals surface area contributed by atoms with E-state index >= 15 is 0 Å². The second-order valence-corrected chi connectivity index (χ2v) is 8.34. The van der Waals surface area contributed by atoms with Crippen molar-refractivity contribution in [2.24, 2.45) is 0 Å². The highest BCUT2D eigenvalue weighted by molar-refractivity contribution is 7.98. The summed E-state index contributed by atoms with van der Waals surface area (Å²) in [5.41, 5.74) is 3.58. The van der Waals surface area contributed by atoms with E-state index in [-0.39, 0.29) is 5.56 Å². The molecule has 7 heteroatoms. The summed E-state index contributed by atoms with van der Waals surface area (Å²) in [7, 11) is 0. The molecule has 3 aromatic carbocycles. The van der Waals surface area contributed by atoms with Gasteiger partial charge in [-0.15, -0.1) is 10.2 Å². The van der Waals surface area contributed by atoms with E-state index in [2.05, 4.69) is 10.2 Å². The maximum atomic E-state index is 13.3. The van der Waals surface area contributed by atoms with Gasteiger partial charge in [0.2, 0.25) is 5.78 Å². The average molecular weight is 433 g/mol. The van der Waals surface area contributed by atoms with Gasteiger partial charge in [-0.3, -0.25) is 9.20 Å². The summed E-state index contributed by atoms with van der Waals surface area (Å²) >= 11 is 7.86. The van der Waals surface area contributed by atoms with Crippen molar-refractivity contribution < 1.29 is 0 Å². The largest absolute Gasteiger partial charge is 0.268 e. The van der Waals surface area contributed by atoms with Gasteiger partial charge in [0.15, 0.2) is 5.16 Å². The highest BCUT2D eigenvalue weighted by Gasteiger charge is 2.18. The Morgan fingerprint density at radius 2 is 1.67 bits per heavy atom. The molecule has 0 bridgehead atoms. The minimum absolute atomic E-state index is 0.114. The highest BCUT2D eigenvalue weighted by atomic mass is 35.5. The Labute approximate surface area is 182 Å². The van der Waals surface area contributed by atoms with E-state index in [4.69, 9.17) is 11.6 Å². The molecule has 30 heavy (non-hydrogen) atoms. The molecule has 0 saturated carbocycles. The van der Waals surface area contributed by atoms with Gasteiger partial charge in [-0.2, -0.15) is 0 Å². The van der Waals surface area contributed by atoms with Gasteiger partial charge in [0, 0.05) is 10.8 Å². The van der Waals surface area contributed by atoms with E-state index in [9.17, 15) is 4.79 Å². The molecule has 0 fully saturated rings. The maximum absolute atomic E-state index is 13.3. The van der Waals surface area contributed by atoms with E-state index in [1.807, 2.05) is 84.1 Å². The van der Waals surface area contributed by atoms with Gasteiger partial charge in [-0.25, -0.2) is 4.57 Å². The normalized spacial score (nSPS) is 11.4. The molecule has 0 aliphatic heterocycles. The number of benzene rings is 3. The number of hydrogen-bond donors (Lipinski definition) is 0. The number of fused-ring (bicyclic) bond motifs is 3. The van der Waals surface area contributed by atoms with E-state index in [0.29, 0.717) is 22.1 Å². The molecular weight excluding hydrogens is 416 g/mol. The number of halogens is 1. The summed E-state index contributed by atoms with van der Waals surface area (Å²) in [6.07, 6.45) is 0. The minimum Gasteiger partial charge on any atom is -0.268 e. The molecule has 0 aliphatic carbocycles. The topological polar surface area (TPSA) is 52.2 Å². The van der Waals surface area contributed by atoms with E-state index in [1.165, 1.54) is 0 Å². The van der Waals surface area contributed by atoms with Crippen molar-refractivity contribution in [3.8, 4) is 5.69 Å². The molecule has 0 radical (unpaired) electrons. The van der Waals surface area contributed by atoms with E-state index in [0.717, 1.165) is 27.4 Å².